The molecule has 4 rings (SSSR count). The number of anilines is 1. The molecule has 2 atom stereocenters. The Balaban J connectivity index is 1.37. The number of ether oxygens (including phenoxy) is 1. The van der Waals surface area contributed by atoms with Crippen molar-refractivity contribution >= 4 is 35.0 Å². The number of non-ortho nitro benzene ring substituents is 1. The molecule has 0 saturated heterocycles. The van der Waals surface area contributed by atoms with Crippen molar-refractivity contribution in [1.82, 2.24) is 10.2 Å². The van der Waals surface area contributed by atoms with E-state index in [-0.39, 0.29) is 29.8 Å². The fourth-order valence-corrected chi connectivity index (χ4v) is 4.01. The molecule has 1 aliphatic rings. The summed E-state index contributed by atoms with van der Waals surface area (Å²) < 4.78 is 10.9. The van der Waals surface area contributed by atoms with Crippen molar-refractivity contribution in [3.8, 4) is 11.5 Å². The van der Waals surface area contributed by atoms with E-state index in [1.807, 2.05) is 18.2 Å². The molecular formula is C20H16N4O6S. The van der Waals surface area contributed by atoms with Crippen LogP contribution in [-0.4, -0.2) is 32.2 Å². The van der Waals surface area contributed by atoms with Crippen LogP contribution in [0.2, 0.25) is 0 Å². The van der Waals surface area contributed by atoms with Gasteiger partial charge in [-0.25, -0.2) is 0 Å². The van der Waals surface area contributed by atoms with Gasteiger partial charge in [0.15, 0.2) is 6.10 Å². The molecule has 0 saturated carbocycles. The number of benzene rings is 2. The third kappa shape index (κ3) is 4.56. The van der Waals surface area contributed by atoms with Crippen LogP contribution in [0.4, 0.5) is 11.4 Å². The van der Waals surface area contributed by atoms with Gasteiger partial charge in [0.1, 0.15) is 0 Å². The highest BCUT2D eigenvalue weighted by atomic mass is 32.2. The zero-order chi connectivity index (χ0) is 22.0. The molecule has 0 aliphatic carbocycles. The molecule has 1 N–H and O–H groups in total. The first kappa shape index (κ1) is 20.5. The summed E-state index contributed by atoms with van der Waals surface area (Å²) in [6.07, 6.45) is -0.936. The van der Waals surface area contributed by atoms with Gasteiger partial charge >= 0.3 is 5.97 Å². The molecule has 0 fully saturated rings. The van der Waals surface area contributed by atoms with Gasteiger partial charge in [0, 0.05) is 22.6 Å². The smallest absolute Gasteiger partial charge is 0.308 e. The van der Waals surface area contributed by atoms with Crippen LogP contribution >= 0.6 is 11.8 Å². The van der Waals surface area contributed by atoms with Gasteiger partial charge in [0.25, 0.3) is 11.6 Å². The maximum Gasteiger partial charge on any atom is 0.308 e. The van der Waals surface area contributed by atoms with Crippen LogP contribution in [0.3, 0.4) is 0 Å². The van der Waals surface area contributed by atoms with Gasteiger partial charge in [-0.3, -0.25) is 19.7 Å². The quantitative estimate of drug-likeness (QED) is 0.345. The van der Waals surface area contributed by atoms with Crippen LogP contribution in [0.1, 0.15) is 25.3 Å². The van der Waals surface area contributed by atoms with Crippen molar-refractivity contribution in [3.63, 3.8) is 0 Å². The van der Waals surface area contributed by atoms with Gasteiger partial charge in [-0.15, -0.1) is 22.0 Å². The first-order chi connectivity index (χ1) is 14.9. The Bertz CT molecular complexity index is 1150. The van der Waals surface area contributed by atoms with Crippen molar-refractivity contribution in [2.24, 2.45) is 0 Å². The molecule has 31 heavy (non-hydrogen) atoms. The summed E-state index contributed by atoms with van der Waals surface area (Å²) in [7, 11) is 0. The van der Waals surface area contributed by atoms with Gasteiger partial charge in [-0.05, 0) is 31.2 Å². The largest absolute Gasteiger partial charge is 0.453 e. The summed E-state index contributed by atoms with van der Waals surface area (Å²) in [5, 5.41) is 20.7. The minimum Gasteiger partial charge on any atom is -0.453 e. The van der Waals surface area contributed by atoms with E-state index in [2.05, 4.69) is 15.5 Å². The van der Waals surface area contributed by atoms with Crippen LogP contribution < -0.4 is 5.32 Å². The first-order valence-electron chi connectivity index (χ1n) is 9.25. The van der Waals surface area contributed by atoms with Gasteiger partial charge in [0.05, 0.1) is 22.3 Å². The third-order valence-electron chi connectivity index (χ3n) is 4.48. The van der Waals surface area contributed by atoms with Gasteiger partial charge in [-0.1, -0.05) is 12.1 Å². The first-order valence-corrected chi connectivity index (χ1v) is 10.1. The van der Waals surface area contributed by atoms with Crippen LogP contribution in [0.25, 0.3) is 11.5 Å². The molecule has 158 valence electrons. The Labute approximate surface area is 180 Å². The number of thioether (sulfide) groups is 1. The standard InChI is InChI=1S/C20H16N4O6S/c1-11(19-22-23-20(30-19)12-6-8-13(9-7-12)24(27)28)29-17(25)10-16-18(26)21-14-4-2-3-5-15(14)31-16/h2-9,11,16H,10H2,1H3,(H,21,26). The van der Waals surface area contributed by atoms with E-state index in [0.717, 1.165) is 10.6 Å². The highest BCUT2D eigenvalue weighted by Gasteiger charge is 2.30. The number of aromatic nitrogens is 2. The number of amides is 1. The lowest BCUT2D eigenvalue weighted by atomic mass is 10.2. The van der Waals surface area contributed by atoms with Gasteiger partial charge < -0.3 is 14.5 Å². The van der Waals surface area contributed by atoms with E-state index in [1.54, 1.807) is 13.0 Å². The second-order valence-electron chi connectivity index (χ2n) is 6.68. The number of carbonyl (C=O) groups excluding carboxylic acids is 2. The summed E-state index contributed by atoms with van der Waals surface area (Å²) in [5.41, 5.74) is 1.16. The molecule has 0 radical (unpaired) electrons. The Kier molecular flexibility index (Phi) is 5.67. The van der Waals surface area contributed by atoms with Gasteiger partial charge in [0.2, 0.25) is 11.8 Å². The predicted octanol–water partition coefficient (Wildman–Crippen LogP) is 3.75. The molecule has 11 heteroatoms. The van der Waals surface area contributed by atoms with Crippen molar-refractivity contribution < 1.29 is 23.7 Å². The number of hydrogen-bond acceptors (Lipinski definition) is 9. The molecule has 0 bridgehead atoms. The zero-order valence-electron chi connectivity index (χ0n) is 16.2. The molecular weight excluding hydrogens is 424 g/mol. The number of rotatable bonds is 6. The lowest BCUT2D eigenvalue weighted by Crippen LogP contribution is -2.31. The van der Waals surface area contributed by atoms with E-state index < -0.39 is 22.2 Å². The fourth-order valence-electron chi connectivity index (χ4n) is 2.92. The summed E-state index contributed by atoms with van der Waals surface area (Å²) in [6, 6.07) is 13.0. The van der Waals surface area contributed by atoms with Crippen molar-refractivity contribution in [2.75, 3.05) is 5.32 Å². The lowest BCUT2D eigenvalue weighted by Gasteiger charge is -2.23. The van der Waals surface area contributed by atoms with Crippen LogP contribution in [0, 0.1) is 10.1 Å². The van der Waals surface area contributed by atoms with E-state index in [0.29, 0.717) is 5.56 Å². The van der Waals surface area contributed by atoms with Crippen molar-refractivity contribution in [1.29, 1.82) is 0 Å². The second-order valence-corrected chi connectivity index (χ2v) is 7.92. The maximum atomic E-state index is 12.4. The average molecular weight is 440 g/mol. The predicted molar refractivity (Wildman–Crippen MR) is 110 cm³/mol. The SMILES string of the molecule is CC(OC(=O)CC1Sc2ccccc2NC1=O)c1nnc(-c2ccc([N+](=O)[O-])cc2)o1. The van der Waals surface area contributed by atoms with E-state index in [1.165, 1.54) is 36.0 Å². The molecule has 1 amide bonds. The minimum absolute atomic E-state index is 0.0574. The topological polar surface area (TPSA) is 137 Å². The highest BCUT2D eigenvalue weighted by Crippen LogP contribution is 2.37. The molecule has 0 spiro atoms. The Hall–Kier alpha value is -3.73. The monoisotopic (exact) mass is 440 g/mol. The minimum atomic E-state index is -0.823. The number of nitrogens with zero attached hydrogens (tertiary/aromatic N) is 3. The van der Waals surface area contributed by atoms with Gasteiger partial charge in [-0.2, -0.15) is 0 Å². The van der Waals surface area contributed by atoms with E-state index in [4.69, 9.17) is 9.15 Å². The summed E-state index contributed by atoms with van der Waals surface area (Å²) in [6.45, 7) is 1.58. The van der Waals surface area contributed by atoms with Crippen LogP contribution in [0.15, 0.2) is 57.8 Å². The van der Waals surface area contributed by atoms with Crippen molar-refractivity contribution in [3.05, 3.63) is 64.5 Å². The molecule has 2 aromatic carbocycles. The summed E-state index contributed by atoms with van der Waals surface area (Å²) in [4.78, 5) is 35.7. The highest BCUT2D eigenvalue weighted by molar-refractivity contribution is 8.01. The number of para-hydroxylation sites is 1. The van der Waals surface area contributed by atoms with E-state index in [9.17, 15) is 19.7 Å². The molecule has 1 aliphatic heterocycles. The number of nitro benzene ring substituents is 1. The van der Waals surface area contributed by atoms with Crippen LogP contribution in [0.5, 0.6) is 0 Å². The number of nitro groups is 1. The third-order valence-corrected chi connectivity index (χ3v) is 5.76. The van der Waals surface area contributed by atoms with Crippen LogP contribution in [-0.2, 0) is 14.3 Å². The number of fused-ring (bicyclic) bond motifs is 1. The normalized spacial score (nSPS) is 16.2. The Morgan fingerprint density at radius 3 is 2.74 bits per heavy atom. The maximum absolute atomic E-state index is 12.4. The van der Waals surface area contributed by atoms with E-state index >= 15 is 0 Å². The molecule has 10 nitrogen and oxygen atoms in total. The lowest BCUT2D eigenvalue weighted by molar-refractivity contribution is -0.384. The number of carbonyl (C=O) groups is 2. The number of hydrogen-bond donors (Lipinski definition) is 1. The molecule has 2 unspecified atom stereocenters. The zero-order valence-corrected chi connectivity index (χ0v) is 17.0. The van der Waals surface area contributed by atoms with Crippen molar-refractivity contribution in [2.45, 2.75) is 29.6 Å². The molecule has 1 aromatic heterocycles. The number of esters is 1. The average Bonchev–Trinajstić information content (AvgIpc) is 3.25. The molecule has 2 heterocycles. The second kappa shape index (κ2) is 8.56. The summed E-state index contributed by atoms with van der Waals surface area (Å²) in [5.74, 6) is -0.611. The summed E-state index contributed by atoms with van der Waals surface area (Å²) >= 11 is 1.31. The Morgan fingerprint density at radius 2 is 2.00 bits per heavy atom. The fraction of sp³-hybridized carbons (Fsp3) is 0.200. The molecule has 3 aromatic rings. The number of nitrogens with one attached hydrogen (secondary N) is 1. The Morgan fingerprint density at radius 1 is 1.26 bits per heavy atom.